The summed E-state index contributed by atoms with van der Waals surface area (Å²) >= 11 is 0. The maximum Gasteiger partial charge on any atom is 0.416 e. The molecule has 0 radical (unpaired) electrons. The molecule has 0 N–H and O–H groups in total. The zero-order valence-electron chi connectivity index (χ0n) is 20.0. The van der Waals surface area contributed by atoms with Gasteiger partial charge in [0.15, 0.2) is 0 Å². The van der Waals surface area contributed by atoms with Gasteiger partial charge in [-0.1, -0.05) is 62.4 Å². The van der Waals surface area contributed by atoms with Crippen LogP contribution in [0.3, 0.4) is 0 Å². The van der Waals surface area contributed by atoms with Crippen LogP contribution in [0.25, 0.3) is 23.3 Å². The normalized spacial score (nSPS) is 13.4. The van der Waals surface area contributed by atoms with Gasteiger partial charge in [-0.15, -0.1) is 0 Å². The molecule has 3 aromatic carbocycles. The topological polar surface area (TPSA) is 17.1 Å². The van der Waals surface area contributed by atoms with Crippen LogP contribution in [0, 0.1) is 5.92 Å². The second-order valence-corrected chi connectivity index (χ2v) is 9.21. The Hall–Kier alpha value is -3.35. The van der Waals surface area contributed by atoms with Crippen LogP contribution in [0.5, 0.6) is 0 Å². The highest BCUT2D eigenvalue weighted by molar-refractivity contribution is 5.85. The lowest BCUT2D eigenvalue weighted by Gasteiger charge is -2.19. The van der Waals surface area contributed by atoms with E-state index in [2.05, 4.69) is 0 Å². The van der Waals surface area contributed by atoms with Gasteiger partial charge in [-0.25, -0.2) is 0 Å². The Morgan fingerprint density at radius 2 is 1.22 bits per heavy atom. The van der Waals surface area contributed by atoms with Crippen LogP contribution < -0.4 is 0 Å². The quantitative estimate of drug-likeness (QED) is 0.231. The van der Waals surface area contributed by atoms with Crippen LogP contribution >= 0.6 is 0 Å². The first-order valence-electron chi connectivity index (χ1n) is 11.4. The Morgan fingerprint density at radius 3 is 1.69 bits per heavy atom. The van der Waals surface area contributed by atoms with Crippen LogP contribution in [0.2, 0.25) is 0 Å². The Kier molecular flexibility index (Phi) is 8.12. The van der Waals surface area contributed by atoms with Gasteiger partial charge < -0.3 is 0 Å². The minimum atomic E-state index is -4.45. The predicted molar refractivity (Wildman–Crippen MR) is 130 cm³/mol. The van der Waals surface area contributed by atoms with Crippen molar-refractivity contribution in [2.45, 2.75) is 45.5 Å². The molecule has 7 heteroatoms. The van der Waals surface area contributed by atoms with Crippen molar-refractivity contribution < 1.29 is 31.1 Å². The molecule has 190 valence electrons. The summed E-state index contributed by atoms with van der Waals surface area (Å²) in [5.74, 6) is -0.177. The molecule has 36 heavy (non-hydrogen) atoms. The van der Waals surface area contributed by atoms with E-state index in [0.29, 0.717) is 28.7 Å². The summed E-state index contributed by atoms with van der Waals surface area (Å²) in [6.07, 6.45) is -4.90. The second-order valence-electron chi connectivity index (χ2n) is 9.21. The summed E-state index contributed by atoms with van der Waals surface area (Å²) in [6, 6.07) is 14.9. The number of benzene rings is 3. The van der Waals surface area contributed by atoms with Crippen LogP contribution in [0.4, 0.5) is 26.3 Å². The van der Waals surface area contributed by atoms with E-state index >= 15 is 0 Å². The lowest BCUT2D eigenvalue weighted by Crippen LogP contribution is -2.12. The third kappa shape index (κ3) is 7.09. The molecule has 1 nitrogen and oxygen atoms in total. The number of hydrogen-bond acceptors (Lipinski definition) is 1. The highest BCUT2D eigenvalue weighted by atomic mass is 19.4. The van der Waals surface area contributed by atoms with Crippen molar-refractivity contribution in [2.24, 2.45) is 5.92 Å². The van der Waals surface area contributed by atoms with Crippen molar-refractivity contribution >= 4 is 17.9 Å². The SMILES string of the molecule is CC(=O)C(CC(C)C)c1cc(/C=C/c2ccc(C(F)(F)F)cc2)cc(-c2ccc(C(F)(F)F)cc2)c1. The minimum absolute atomic E-state index is 0.0223. The minimum Gasteiger partial charge on any atom is -0.299 e. The van der Waals surface area contributed by atoms with E-state index < -0.39 is 29.4 Å². The molecular formula is C29H26F6O. The van der Waals surface area contributed by atoms with E-state index in [4.69, 9.17) is 0 Å². The first-order valence-corrected chi connectivity index (χ1v) is 11.4. The summed E-state index contributed by atoms with van der Waals surface area (Å²) in [7, 11) is 0. The number of carbonyl (C=O) groups excluding carboxylic acids is 1. The molecule has 0 spiro atoms. The average Bonchev–Trinajstić information content (AvgIpc) is 2.80. The van der Waals surface area contributed by atoms with Crippen LogP contribution in [0.1, 0.15) is 60.9 Å². The molecular weight excluding hydrogens is 478 g/mol. The Bertz CT molecular complexity index is 1220. The van der Waals surface area contributed by atoms with E-state index in [1.54, 1.807) is 18.2 Å². The van der Waals surface area contributed by atoms with Crippen molar-refractivity contribution in [2.75, 3.05) is 0 Å². The summed E-state index contributed by atoms with van der Waals surface area (Å²) in [5, 5.41) is 0. The molecule has 0 saturated carbocycles. The summed E-state index contributed by atoms with van der Waals surface area (Å²) in [4.78, 5) is 12.5. The zero-order valence-corrected chi connectivity index (χ0v) is 20.0. The van der Waals surface area contributed by atoms with E-state index in [-0.39, 0.29) is 11.7 Å². The van der Waals surface area contributed by atoms with E-state index in [1.165, 1.54) is 31.2 Å². The van der Waals surface area contributed by atoms with Gasteiger partial charge in [0.2, 0.25) is 0 Å². The maximum atomic E-state index is 13.0. The summed E-state index contributed by atoms with van der Waals surface area (Å²) < 4.78 is 77.5. The van der Waals surface area contributed by atoms with Gasteiger partial charge in [-0.3, -0.25) is 4.79 Å². The number of hydrogen-bond donors (Lipinski definition) is 0. The van der Waals surface area contributed by atoms with Gasteiger partial charge in [0.25, 0.3) is 0 Å². The van der Waals surface area contributed by atoms with Gasteiger partial charge in [-0.2, -0.15) is 26.3 Å². The lowest BCUT2D eigenvalue weighted by atomic mass is 9.85. The monoisotopic (exact) mass is 504 g/mol. The first kappa shape index (κ1) is 27.2. The van der Waals surface area contributed by atoms with Gasteiger partial charge in [0.1, 0.15) is 5.78 Å². The van der Waals surface area contributed by atoms with Crippen molar-refractivity contribution in [3.63, 3.8) is 0 Å². The standard InChI is InChI=1S/C29H26F6O/c1-18(2)14-27(19(3)36)24-16-21(5-4-20-6-10-25(11-7-20)28(30,31)32)15-23(17-24)22-8-12-26(13-9-22)29(33,34)35/h4-13,15-18,27H,14H2,1-3H3/b5-4+. The fourth-order valence-corrected chi connectivity index (χ4v) is 3.98. The molecule has 3 aromatic rings. The first-order chi connectivity index (χ1) is 16.7. The molecule has 3 rings (SSSR count). The molecule has 0 aliphatic carbocycles. The zero-order chi connectivity index (χ0) is 26.7. The molecule has 0 bridgehead atoms. The molecule has 1 unspecified atom stereocenters. The van der Waals surface area contributed by atoms with Gasteiger partial charge in [-0.05, 0) is 77.4 Å². The Morgan fingerprint density at radius 1 is 0.722 bits per heavy atom. The molecule has 0 aliphatic heterocycles. The molecule has 0 fully saturated rings. The Balaban J connectivity index is 2.04. The smallest absolute Gasteiger partial charge is 0.299 e. The summed E-state index contributed by atoms with van der Waals surface area (Å²) in [6.45, 7) is 5.51. The number of halogens is 6. The number of alkyl halides is 6. The molecule has 0 heterocycles. The molecule has 0 saturated heterocycles. The van der Waals surface area contributed by atoms with Gasteiger partial charge >= 0.3 is 12.4 Å². The molecule has 0 amide bonds. The number of carbonyl (C=O) groups is 1. The Labute approximate surface area is 206 Å². The third-order valence-corrected chi connectivity index (χ3v) is 5.83. The number of rotatable bonds is 7. The second kappa shape index (κ2) is 10.7. The van der Waals surface area contributed by atoms with Crippen molar-refractivity contribution in [1.29, 1.82) is 0 Å². The van der Waals surface area contributed by atoms with E-state index in [0.717, 1.165) is 29.8 Å². The maximum absolute atomic E-state index is 13.0. The molecule has 0 aromatic heterocycles. The van der Waals surface area contributed by atoms with E-state index in [9.17, 15) is 31.1 Å². The number of Topliss-reactive ketones (excluding diaryl/α,β-unsaturated/α-hetero) is 1. The lowest BCUT2D eigenvalue weighted by molar-refractivity contribution is -0.138. The van der Waals surface area contributed by atoms with Crippen molar-refractivity contribution in [1.82, 2.24) is 0 Å². The van der Waals surface area contributed by atoms with Gasteiger partial charge in [0, 0.05) is 5.92 Å². The molecule has 1 atom stereocenters. The van der Waals surface area contributed by atoms with Crippen LogP contribution in [0.15, 0.2) is 66.7 Å². The fourth-order valence-electron chi connectivity index (χ4n) is 3.98. The van der Waals surface area contributed by atoms with E-state index in [1.807, 2.05) is 26.0 Å². The van der Waals surface area contributed by atoms with Crippen LogP contribution in [-0.4, -0.2) is 5.78 Å². The molecule has 0 aliphatic rings. The van der Waals surface area contributed by atoms with Crippen LogP contribution in [-0.2, 0) is 17.1 Å². The fraction of sp³-hybridized carbons (Fsp3) is 0.276. The average molecular weight is 505 g/mol. The number of ketones is 1. The third-order valence-electron chi connectivity index (χ3n) is 5.83. The predicted octanol–water partition coefficient (Wildman–Crippen LogP) is 9.28. The van der Waals surface area contributed by atoms with Gasteiger partial charge in [0.05, 0.1) is 11.1 Å². The van der Waals surface area contributed by atoms with Crippen molar-refractivity contribution in [3.05, 3.63) is 94.5 Å². The summed E-state index contributed by atoms with van der Waals surface area (Å²) in [5.41, 5.74) is 1.66. The highest BCUT2D eigenvalue weighted by Gasteiger charge is 2.30. The van der Waals surface area contributed by atoms with Crippen molar-refractivity contribution in [3.8, 4) is 11.1 Å². The highest BCUT2D eigenvalue weighted by Crippen LogP contribution is 2.34. The largest absolute Gasteiger partial charge is 0.416 e.